The van der Waals surface area contributed by atoms with E-state index in [1.807, 2.05) is 24.3 Å². The van der Waals surface area contributed by atoms with E-state index in [2.05, 4.69) is 5.32 Å². The molecule has 0 saturated carbocycles. The van der Waals surface area contributed by atoms with Crippen LogP contribution in [0.15, 0.2) is 42.5 Å². The first kappa shape index (κ1) is 17.4. The molecule has 4 nitrogen and oxygen atoms in total. The zero-order valence-corrected chi connectivity index (χ0v) is 14.3. The number of carboxylic acids is 1. The second-order valence-electron chi connectivity index (χ2n) is 5.54. The topological polar surface area (TPSA) is 58.6 Å². The van der Waals surface area contributed by atoms with Crippen LogP contribution < -0.4 is 10.1 Å². The van der Waals surface area contributed by atoms with Crippen molar-refractivity contribution in [1.29, 1.82) is 0 Å². The molecule has 122 valence electrons. The van der Waals surface area contributed by atoms with E-state index in [0.29, 0.717) is 22.3 Å². The molecule has 0 aromatic heterocycles. The Kier molecular flexibility index (Phi) is 5.39. The molecule has 2 rings (SSSR count). The molecule has 2 aromatic carbocycles. The third kappa shape index (κ3) is 4.78. The summed E-state index contributed by atoms with van der Waals surface area (Å²) in [5, 5.41) is 13.3. The summed E-state index contributed by atoms with van der Waals surface area (Å²) in [6, 6.07) is 12.6. The molecule has 0 fully saturated rings. The van der Waals surface area contributed by atoms with E-state index in [4.69, 9.17) is 33.0 Å². The fourth-order valence-electron chi connectivity index (χ4n) is 1.83. The SMILES string of the molecule is CC(C)(Oc1ccc(NCc2ccc(Cl)c(Cl)c2)cc1)C(=O)O. The molecular weight excluding hydrogens is 337 g/mol. The van der Waals surface area contributed by atoms with Gasteiger partial charge in [0, 0.05) is 12.2 Å². The minimum atomic E-state index is -1.27. The van der Waals surface area contributed by atoms with Crippen molar-refractivity contribution in [2.75, 3.05) is 5.32 Å². The zero-order valence-electron chi connectivity index (χ0n) is 12.8. The van der Waals surface area contributed by atoms with E-state index >= 15 is 0 Å². The lowest BCUT2D eigenvalue weighted by Gasteiger charge is -2.21. The second kappa shape index (κ2) is 7.11. The molecule has 0 unspecified atom stereocenters. The number of hydrogen-bond donors (Lipinski definition) is 2. The average Bonchev–Trinajstić information content (AvgIpc) is 2.49. The van der Waals surface area contributed by atoms with Crippen molar-refractivity contribution in [3.8, 4) is 5.75 Å². The van der Waals surface area contributed by atoms with Gasteiger partial charge in [-0.05, 0) is 55.8 Å². The highest BCUT2D eigenvalue weighted by molar-refractivity contribution is 6.42. The molecule has 0 aliphatic heterocycles. The normalized spacial score (nSPS) is 11.1. The van der Waals surface area contributed by atoms with Crippen molar-refractivity contribution in [2.24, 2.45) is 0 Å². The van der Waals surface area contributed by atoms with Gasteiger partial charge in [-0.3, -0.25) is 0 Å². The number of anilines is 1. The van der Waals surface area contributed by atoms with Gasteiger partial charge >= 0.3 is 5.97 Å². The van der Waals surface area contributed by atoms with E-state index in [-0.39, 0.29) is 0 Å². The summed E-state index contributed by atoms with van der Waals surface area (Å²) < 4.78 is 5.45. The second-order valence-corrected chi connectivity index (χ2v) is 6.36. The number of rotatable bonds is 6. The molecule has 0 spiro atoms. The smallest absolute Gasteiger partial charge is 0.347 e. The molecule has 23 heavy (non-hydrogen) atoms. The lowest BCUT2D eigenvalue weighted by Crippen LogP contribution is -2.37. The number of aliphatic carboxylic acids is 1. The molecule has 0 aliphatic carbocycles. The van der Waals surface area contributed by atoms with Gasteiger partial charge in [-0.15, -0.1) is 0 Å². The van der Waals surface area contributed by atoms with Crippen molar-refractivity contribution >= 4 is 34.9 Å². The number of benzene rings is 2. The highest BCUT2D eigenvalue weighted by Crippen LogP contribution is 2.24. The van der Waals surface area contributed by atoms with Crippen molar-refractivity contribution in [3.05, 3.63) is 58.1 Å². The van der Waals surface area contributed by atoms with Crippen LogP contribution in [-0.4, -0.2) is 16.7 Å². The Hall–Kier alpha value is -1.91. The molecule has 0 aliphatic rings. The first-order valence-corrected chi connectivity index (χ1v) is 7.74. The Balaban J connectivity index is 1.97. The van der Waals surface area contributed by atoms with E-state index in [0.717, 1.165) is 11.3 Å². The molecule has 2 aromatic rings. The molecule has 0 saturated heterocycles. The summed E-state index contributed by atoms with van der Waals surface area (Å²) in [7, 11) is 0. The largest absolute Gasteiger partial charge is 0.478 e. The molecule has 0 heterocycles. The number of carboxylic acid groups (broad SMARTS) is 1. The standard InChI is InChI=1S/C17H17Cl2NO3/c1-17(2,16(21)22)23-13-6-4-12(5-7-13)20-10-11-3-8-14(18)15(19)9-11/h3-9,20H,10H2,1-2H3,(H,21,22). The van der Waals surface area contributed by atoms with Crippen LogP contribution in [0.5, 0.6) is 5.75 Å². The summed E-state index contributed by atoms with van der Waals surface area (Å²) >= 11 is 11.9. The monoisotopic (exact) mass is 353 g/mol. The highest BCUT2D eigenvalue weighted by atomic mass is 35.5. The van der Waals surface area contributed by atoms with Gasteiger partial charge in [-0.2, -0.15) is 0 Å². The van der Waals surface area contributed by atoms with E-state index < -0.39 is 11.6 Å². The van der Waals surface area contributed by atoms with Gasteiger partial charge in [0.1, 0.15) is 5.75 Å². The lowest BCUT2D eigenvalue weighted by atomic mass is 10.1. The van der Waals surface area contributed by atoms with E-state index in [9.17, 15) is 4.79 Å². The lowest BCUT2D eigenvalue weighted by molar-refractivity contribution is -0.152. The molecule has 0 radical (unpaired) electrons. The predicted octanol–water partition coefficient (Wildman–Crippen LogP) is 4.85. The third-order valence-electron chi connectivity index (χ3n) is 3.22. The first-order valence-electron chi connectivity index (χ1n) is 6.98. The number of carbonyl (C=O) groups is 1. The fourth-order valence-corrected chi connectivity index (χ4v) is 2.15. The van der Waals surface area contributed by atoms with Gasteiger partial charge in [0.15, 0.2) is 5.60 Å². The maximum Gasteiger partial charge on any atom is 0.347 e. The van der Waals surface area contributed by atoms with Gasteiger partial charge in [-0.25, -0.2) is 4.79 Å². The fraction of sp³-hybridized carbons (Fsp3) is 0.235. The van der Waals surface area contributed by atoms with E-state index in [1.54, 1.807) is 18.2 Å². The Bertz CT molecular complexity index is 699. The van der Waals surface area contributed by atoms with Crippen LogP contribution in [0.4, 0.5) is 5.69 Å². The van der Waals surface area contributed by atoms with Crippen molar-refractivity contribution < 1.29 is 14.6 Å². The molecule has 0 bridgehead atoms. The summed E-state index contributed by atoms with van der Waals surface area (Å²) in [6.45, 7) is 3.61. The maximum absolute atomic E-state index is 11.0. The summed E-state index contributed by atoms with van der Waals surface area (Å²) in [6.07, 6.45) is 0. The Morgan fingerprint density at radius 1 is 1.13 bits per heavy atom. The number of ether oxygens (including phenoxy) is 1. The van der Waals surface area contributed by atoms with Crippen LogP contribution in [0.25, 0.3) is 0 Å². The van der Waals surface area contributed by atoms with Gasteiger partial charge in [0.2, 0.25) is 0 Å². The van der Waals surface area contributed by atoms with Crippen LogP contribution >= 0.6 is 23.2 Å². The summed E-state index contributed by atoms with van der Waals surface area (Å²) in [4.78, 5) is 11.0. The Labute approximate surface area is 145 Å². The molecule has 2 N–H and O–H groups in total. The Morgan fingerprint density at radius 2 is 1.78 bits per heavy atom. The van der Waals surface area contributed by atoms with Crippen LogP contribution in [-0.2, 0) is 11.3 Å². The van der Waals surface area contributed by atoms with Crippen LogP contribution in [0.1, 0.15) is 19.4 Å². The molecular formula is C17H17Cl2NO3. The molecule has 0 amide bonds. The zero-order chi connectivity index (χ0) is 17.0. The van der Waals surface area contributed by atoms with Crippen LogP contribution in [0.2, 0.25) is 10.0 Å². The Morgan fingerprint density at radius 3 is 2.35 bits per heavy atom. The highest BCUT2D eigenvalue weighted by Gasteiger charge is 2.29. The summed E-state index contributed by atoms with van der Waals surface area (Å²) in [5.41, 5.74) is 0.623. The van der Waals surface area contributed by atoms with E-state index in [1.165, 1.54) is 13.8 Å². The molecule has 6 heteroatoms. The van der Waals surface area contributed by atoms with Crippen molar-refractivity contribution in [1.82, 2.24) is 0 Å². The van der Waals surface area contributed by atoms with Crippen LogP contribution in [0, 0.1) is 0 Å². The maximum atomic E-state index is 11.0. The van der Waals surface area contributed by atoms with Gasteiger partial charge in [0.05, 0.1) is 10.0 Å². The van der Waals surface area contributed by atoms with Gasteiger partial charge in [0.25, 0.3) is 0 Å². The summed E-state index contributed by atoms with van der Waals surface area (Å²) in [5.74, 6) is -0.517. The van der Waals surface area contributed by atoms with Crippen molar-refractivity contribution in [3.63, 3.8) is 0 Å². The van der Waals surface area contributed by atoms with Gasteiger partial charge in [-0.1, -0.05) is 29.3 Å². The van der Waals surface area contributed by atoms with Crippen molar-refractivity contribution in [2.45, 2.75) is 26.0 Å². The minimum absolute atomic E-state index is 0.498. The molecule has 0 atom stereocenters. The number of hydrogen-bond acceptors (Lipinski definition) is 3. The number of halogens is 2. The number of nitrogens with one attached hydrogen (secondary N) is 1. The van der Waals surface area contributed by atoms with Gasteiger partial charge < -0.3 is 15.2 Å². The average molecular weight is 354 g/mol. The minimum Gasteiger partial charge on any atom is -0.478 e. The van der Waals surface area contributed by atoms with Crippen LogP contribution in [0.3, 0.4) is 0 Å². The first-order chi connectivity index (χ1) is 10.8. The third-order valence-corrected chi connectivity index (χ3v) is 3.96. The predicted molar refractivity (Wildman–Crippen MR) is 92.6 cm³/mol. The quantitative estimate of drug-likeness (QED) is 0.779.